The first-order chi connectivity index (χ1) is 9.45. The van der Waals surface area contributed by atoms with Crippen molar-refractivity contribution in [2.75, 3.05) is 6.61 Å². The number of esters is 1. The number of ether oxygens (including phenoxy) is 1. The van der Waals surface area contributed by atoms with Crippen LogP contribution in [0, 0.1) is 0 Å². The van der Waals surface area contributed by atoms with E-state index < -0.39 is 29.2 Å². The van der Waals surface area contributed by atoms with Crippen LogP contribution in [0.2, 0.25) is 0 Å². The molecule has 0 spiro atoms. The first-order valence-corrected chi connectivity index (χ1v) is 5.74. The third-order valence-electron chi connectivity index (χ3n) is 2.48. The van der Waals surface area contributed by atoms with Crippen LogP contribution >= 0.6 is 0 Å². The van der Waals surface area contributed by atoms with Crippen LogP contribution in [0.4, 0.5) is 13.2 Å². The van der Waals surface area contributed by atoms with Crippen LogP contribution in [-0.2, 0) is 10.9 Å². The molecule has 2 rings (SSSR count). The van der Waals surface area contributed by atoms with Crippen LogP contribution in [0.5, 0.6) is 0 Å². The number of nitrogens with zero attached hydrogens (tertiary/aromatic N) is 1. The first-order valence-electron chi connectivity index (χ1n) is 5.74. The lowest BCUT2D eigenvalue weighted by molar-refractivity contribution is -0.138. The summed E-state index contributed by atoms with van der Waals surface area (Å²) in [6, 6.07) is 7.68. The second-order valence-corrected chi connectivity index (χ2v) is 3.82. The molecule has 0 unspecified atom stereocenters. The number of benzene rings is 1. The Bertz CT molecular complexity index is 605. The van der Waals surface area contributed by atoms with E-state index in [1.807, 2.05) is 0 Å². The Hall–Kier alpha value is -2.31. The highest BCUT2D eigenvalue weighted by Gasteiger charge is 2.43. The summed E-state index contributed by atoms with van der Waals surface area (Å²) in [5.41, 5.74) is -1.44. The maximum atomic E-state index is 13.1. The molecule has 0 amide bonds. The van der Waals surface area contributed by atoms with Crippen molar-refractivity contribution in [3.63, 3.8) is 0 Å². The van der Waals surface area contributed by atoms with Gasteiger partial charge in [-0.2, -0.15) is 13.2 Å². The highest BCUT2D eigenvalue weighted by molar-refractivity contribution is 5.90. The lowest BCUT2D eigenvalue weighted by Gasteiger charge is -2.07. The number of halogens is 3. The third kappa shape index (κ3) is 2.66. The number of hydrogen-bond acceptors (Lipinski definition) is 4. The van der Waals surface area contributed by atoms with Crippen LogP contribution in [0.25, 0.3) is 11.3 Å². The van der Waals surface area contributed by atoms with Crippen molar-refractivity contribution in [1.29, 1.82) is 0 Å². The second-order valence-electron chi connectivity index (χ2n) is 3.82. The zero-order chi connectivity index (χ0) is 14.8. The quantitative estimate of drug-likeness (QED) is 0.809. The molecule has 0 radical (unpaired) electrons. The summed E-state index contributed by atoms with van der Waals surface area (Å²) in [6.45, 7) is 1.43. The predicted molar refractivity (Wildman–Crippen MR) is 62.9 cm³/mol. The number of aromatic nitrogens is 1. The standard InChI is InChI=1S/C13H10F3NO3/c1-2-19-12(18)11-9(13(14,15)16)10(17-20-11)8-6-4-3-5-7-8/h3-7H,2H2,1H3. The van der Waals surface area contributed by atoms with E-state index in [0.29, 0.717) is 0 Å². The number of carbonyl (C=O) groups is 1. The van der Waals surface area contributed by atoms with E-state index in [-0.39, 0.29) is 12.2 Å². The van der Waals surface area contributed by atoms with Gasteiger partial charge in [-0.3, -0.25) is 0 Å². The van der Waals surface area contributed by atoms with Gasteiger partial charge in [-0.15, -0.1) is 0 Å². The topological polar surface area (TPSA) is 52.3 Å². The van der Waals surface area contributed by atoms with Gasteiger partial charge < -0.3 is 9.26 Å². The van der Waals surface area contributed by atoms with Crippen molar-refractivity contribution in [1.82, 2.24) is 5.16 Å². The molecular formula is C13H10F3NO3. The molecule has 0 saturated heterocycles. The van der Waals surface area contributed by atoms with Crippen molar-refractivity contribution in [3.8, 4) is 11.3 Å². The summed E-state index contributed by atoms with van der Waals surface area (Å²) in [4.78, 5) is 11.5. The summed E-state index contributed by atoms with van der Waals surface area (Å²) in [6.07, 6.45) is -4.77. The minimum absolute atomic E-state index is 0.0580. The monoisotopic (exact) mass is 285 g/mol. The van der Waals surface area contributed by atoms with Gasteiger partial charge >= 0.3 is 12.1 Å². The molecule has 0 aliphatic carbocycles. The molecule has 4 nitrogen and oxygen atoms in total. The van der Waals surface area contributed by atoms with Gasteiger partial charge in [0.1, 0.15) is 11.3 Å². The Labute approximate surface area is 112 Å². The molecule has 2 aromatic rings. The van der Waals surface area contributed by atoms with Gasteiger partial charge in [-0.1, -0.05) is 35.5 Å². The van der Waals surface area contributed by atoms with Gasteiger partial charge in [0.05, 0.1) is 6.61 Å². The normalized spacial score (nSPS) is 11.4. The Morgan fingerprint density at radius 1 is 1.30 bits per heavy atom. The predicted octanol–water partition coefficient (Wildman–Crippen LogP) is 3.54. The fraction of sp³-hybridized carbons (Fsp3) is 0.231. The molecule has 0 N–H and O–H groups in total. The fourth-order valence-corrected chi connectivity index (χ4v) is 1.68. The zero-order valence-electron chi connectivity index (χ0n) is 10.4. The molecule has 20 heavy (non-hydrogen) atoms. The molecule has 0 fully saturated rings. The number of carbonyl (C=O) groups excluding carboxylic acids is 1. The average Bonchev–Trinajstić information content (AvgIpc) is 2.84. The highest BCUT2D eigenvalue weighted by atomic mass is 19.4. The molecule has 0 saturated carbocycles. The molecule has 1 heterocycles. The lowest BCUT2D eigenvalue weighted by atomic mass is 10.1. The Kier molecular flexibility index (Phi) is 3.78. The molecule has 0 aliphatic rings. The second kappa shape index (κ2) is 5.36. The molecule has 0 bridgehead atoms. The molecule has 0 aliphatic heterocycles. The van der Waals surface area contributed by atoms with Crippen LogP contribution < -0.4 is 0 Å². The summed E-state index contributed by atoms with van der Waals surface area (Å²) in [7, 11) is 0. The van der Waals surface area contributed by atoms with Gasteiger partial charge in [0, 0.05) is 5.56 Å². The fourth-order valence-electron chi connectivity index (χ4n) is 1.68. The van der Waals surface area contributed by atoms with Crippen molar-refractivity contribution < 1.29 is 27.2 Å². The minimum atomic E-state index is -4.77. The van der Waals surface area contributed by atoms with Crippen LogP contribution in [0.1, 0.15) is 23.0 Å². The Morgan fingerprint density at radius 3 is 2.50 bits per heavy atom. The molecule has 1 aromatic heterocycles. The van der Waals surface area contributed by atoms with E-state index in [1.54, 1.807) is 18.2 Å². The molecule has 106 valence electrons. The third-order valence-corrected chi connectivity index (χ3v) is 2.48. The van der Waals surface area contributed by atoms with E-state index in [1.165, 1.54) is 19.1 Å². The van der Waals surface area contributed by atoms with Crippen LogP contribution in [0.3, 0.4) is 0 Å². The maximum absolute atomic E-state index is 13.1. The maximum Gasteiger partial charge on any atom is 0.422 e. The van der Waals surface area contributed by atoms with Crippen molar-refractivity contribution in [2.24, 2.45) is 0 Å². The smallest absolute Gasteiger partial charge is 0.422 e. The number of alkyl halides is 3. The first kappa shape index (κ1) is 14.1. The molecule has 0 atom stereocenters. The largest absolute Gasteiger partial charge is 0.460 e. The van der Waals surface area contributed by atoms with E-state index in [0.717, 1.165) is 0 Å². The summed E-state index contributed by atoms with van der Waals surface area (Å²) in [5.74, 6) is -2.12. The van der Waals surface area contributed by atoms with Gasteiger partial charge in [-0.05, 0) is 6.92 Å². The summed E-state index contributed by atoms with van der Waals surface area (Å²) < 4.78 is 48.4. The van der Waals surface area contributed by atoms with E-state index in [2.05, 4.69) is 14.4 Å². The van der Waals surface area contributed by atoms with E-state index in [9.17, 15) is 18.0 Å². The van der Waals surface area contributed by atoms with Crippen molar-refractivity contribution in [3.05, 3.63) is 41.7 Å². The Balaban J connectivity index is 2.57. The van der Waals surface area contributed by atoms with Crippen LogP contribution in [0.15, 0.2) is 34.9 Å². The molecular weight excluding hydrogens is 275 g/mol. The van der Waals surface area contributed by atoms with Crippen molar-refractivity contribution >= 4 is 5.97 Å². The average molecular weight is 285 g/mol. The zero-order valence-corrected chi connectivity index (χ0v) is 10.4. The highest BCUT2D eigenvalue weighted by Crippen LogP contribution is 2.39. The minimum Gasteiger partial charge on any atom is -0.460 e. The Morgan fingerprint density at radius 2 is 1.95 bits per heavy atom. The van der Waals surface area contributed by atoms with Gasteiger partial charge in [0.25, 0.3) is 5.76 Å². The van der Waals surface area contributed by atoms with E-state index >= 15 is 0 Å². The summed E-state index contributed by atoms with van der Waals surface area (Å²) in [5, 5.41) is 3.36. The SMILES string of the molecule is CCOC(=O)c1onc(-c2ccccc2)c1C(F)(F)F. The molecule has 7 heteroatoms. The van der Waals surface area contributed by atoms with Gasteiger partial charge in [-0.25, -0.2) is 4.79 Å². The summed E-state index contributed by atoms with van der Waals surface area (Å²) >= 11 is 0. The van der Waals surface area contributed by atoms with Gasteiger partial charge in [0.15, 0.2) is 0 Å². The number of rotatable bonds is 3. The lowest BCUT2D eigenvalue weighted by Crippen LogP contribution is -2.14. The molecule has 1 aromatic carbocycles. The van der Waals surface area contributed by atoms with Crippen LogP contribution in [-0.4, -0.2) is 17.7 Å². The number of hydrogen-bond donors (Lipinski definition) is 0. The van der Waals surface area contributed by atoms with E-state index in [4.69, 9.17) is 0 Å². The van der Waals surface area contributed by atoms with Gasteiger partial charge in [0.2, 0.25) is 0 Å². The van der Waals surface area contributed by atoms with Crippen molar-refractivity contribution in [2.45, 2.75) is 13.1 Å².